The molecule has 1 saturated heterocycles. The van der Waals surface area contributed by atoms with Crippen molar-refractivity contribution in [3.05, 3.63) is 16.9 Å². The van der Waals surface area contributed by atoms with Crippen LogP contribution in [-0.2, 0) is 4.79 Å². The summed E-state index contributed by atoms with van der Waals surface area (Å²) in [6.45, 7) is 3.42. The molecule has 1 fully saturated rings. The van der Waals surface area contributed by atoms with Gasteiger partial charge in [-0.15, -0.1) is 0 Å². The Morgan fingerprint density at radius 1 is 1.71 bits per heavy atom. The first-order valence-corrected chi connectivity index (χ1v) is 5.66. The topological polar surface area (TPSA) is 78.4 Å². The van der Waals surface area contributed by atoms with Crippen LogP contribution in [0.3, 0.4) is 0 Å². The molecule has 1 aliphatic heterocycles. The molecule has 1 aromatic rings. The molecule has 0 aromatic carbocycles. The number of carbonyl (C=O) groups is 1. The van der Waals surface area contributed by atoms with E-state index in [0.29, 0.717) is 30.7 Å². The van der Waals surface area contributed by atoms with Gasteiger partial charge in [-0.25, -0.2) is 9.97 Å². The smallest absolute Gasteiger partial charge is 0.322 e. The molecule has 2 rings (SSSR count). The summed E-state index contributed by atoms with van der Waals surface area (Å²) in [5.41, 5.74) is 0.806. The molecule has 0 spiro atoms. The number of carboxylic acid groups (broad SMARTS) is 1. The number of nitrogens with one attached hydrogen (secondary N) is 1. The zero-order chi connectivity index (χ0) is 12.4. The van der Waals surface area contributed by atoms with Crippen LogP contribution in [0.2, 0.25) is 5.15 Å². The molecule has 0 aliphatic carbocycles. The minimum Gasteiger partial charge on any atom is -0.480 e. The monoisotopic (exact) mass is 256 g/mol. The van der Waals surface area contributed by atoms with Crippen molar-refractivity contribution in [2.24, 2.45) is 0 Å². The standard InChI is InChI=1S/C10H13ClN4O2/c1-6-4-13-10(14-8(6)11)15-3-2-12-7(5-15)9(16)17/h4,7,12H,2-3,5H2,1H3,(H,16,17). The minimum atomic E-state index is -0.868. The van der Waals surface area contributed by atoms with Crippen LogP contribution in [0.4, 0.5) is 5.95 Å². The van der Waals surface area contributed by atoms with Gasteiger partial charge in [0.25, 0.3) is 0 Å². The molecule has 0 radical (unpaired) electrons. The van der Waals surface area contributed by atoms with Gasteiger partial charge in [0.1, 0.15) is 11.2 Å². The van der Waals surface area contributed by atoms with E-state index in [9.17, 15) is 4.79 Å². The van der Waals surface area contributed by atoms with Crippen LogP contribution in [-0.4, -0.2) is 46.7 Å². The molecule has 6 nitrogen and oxygen atoms in total. The zero-order valence-corrected chi connectivity index (χ0v) is 10.1. The number of anilines is 1. The summed E-state index contributed by atoms with van der Waals surface area (Å²) in [5, 5.41) is 12.3. The van der Waals surface area contributed by atoms with Crippen LogP contribution in [0.15, 0.2) is 6.20 Å². The lowest BCUT2D eigenvalue weighted by molar-refractivity contribution is -0.139. The first-order valence-electron chi connectivity index (χ1n) is 5.28. The lowest BCUT2D eigenvalue weighted by Crippen LogP contribution is -2.54. The number of aryl methyl sites for hydroxylation is 1. The Labute approximate surface area is 104 Å². The van der Waals surface area contributed by atoms with Crippen LogP contribution in [0.1, 0.15) is 5.56 Å². The fourth-order valence-electron chi connectivity index (χ4n) is 1.66. The van der Waals surface area contributed by atoms with Crippen molar-refractivity contribution in [2.45, 2.75) is 13.0 Å². The van der Waals surface area contributed by atoms with Crippen molar-refractivity contribution in [3.63, 3.8) is 0 Å². The highest BCUT2D eigenvalue weighted by Gasteiger charge is 2.26. The Kier molecular flexibility index (Phi) is 3.44. The largest absolute Gasteiger partial charge is 0.480 e. The number of carboxylic acids is 1. The van der Waals surface area contributed by atoms with Crippen molar-refractivity contribution >= 4 is 23.5 Å². The number of hydrogen-bond acceptors (Lipinski definition) is 5. The molecule has 17 heavy (non-hydrogen) atoms. The lowest BCUT2D eigenvalue weighted by Gasteiger charge is -2.31. The summed E-state index contributed by atoms with van der Waals surface area (Å²) in [7, 11) is 0. The number of nitrogens with zero attached hydrogens (tertiary/aromatic N) is 3. The molecule has 0 bridgehead atoms. The SMILES string of the molecule is Cc1cnc(N2CCNC(C(=O)O)C2)nc1Cl. The molecule has 2 heterocycles. The molecule has 92 valence electrons. The van der Waals surface area contributed by atoms with Crippen LogP contribution in [0.5, 0.6) is 0 Å². The quantitative estimate of drug-likeness (QED) is 0.741. The van der Waals surface area contributed by atoms with E-state index in [2.05, 4.69) is 15.3 Å². The summed E-state index contributed by atoms with van der Waals surface area (Å²) in [6.07, 6.45) is 1.64. The lowest BCUT2D eigenvalue weighted by atomic mass is 10.2. The van der Waals surface area contributed by atoms with Gasteiger partial charge in [0, 0.05) is 31.4 Å². The molecular weight excluding hydrogens is 244 g/mol. The summed E-state index contributed by atoms with van der Waals surface area (Å²) < 4.78 is 0. The highest BCUT2D eigenvalue weighted by Crippen LogP contribution is 2.16. The molecule has 2 N–H and O–H groups in total. The van der Waals surface area contributed by atoms with E-state index in [1.807, 2.05) is 11.8 Å². The van der Waals surface area contributed by atoms with Gasteiger partial charge in [0.15, 0.2) is 0 Å². The van der Waals surface area contributed by atoms with Gasteiger partial charge in [-0.05, 0) is 6.92 Å². The molecule has 0 amide bonds. The Morgan fingerprint density at radius 2 is 2.47 bits per heavy atom. The van der Waals surface area contributed by atoms with Crippen LogP contribution in [0.25, 0.3) is 0 Å². The fraction of sp³-hybridized carbons (Fsp3) is 0.500. The summed E-state index contributed by atoms with van der Waals surface area (Å²) >= 11 is 5.92. The normalized spacial score (nSPS) is 20.4. The average molecular weight is 257 g/mol. The maximum atomic E-state index is 10.9. The highest BCUT2D eigenvalue weighted by atomic mass is 35.5. The van der Waals surface area contributed by atoms with Crippen LogP contribution in [0, 0.1) is 6.92 Å². The van der Waals surface area contributed by atoms with E-state index in [0.717, 1.165) is 5.56 Å². The third-order valence-corrected chi connectivity index (χ3v) is 3.04. The Morgan fingerprint density at radius 3 is 3.12 bits per heavy atom. The van der Waals surface area contributed by atoms with E-state index in [1.165, 1.54) is 0 Å². The molecular formula is C10H13ClN4O2. The molecule has 0 saturated carbocycles. The number of piperazine rings is 1. The average Bonchev–Trinajstić information content (AvgIpc) is 2.33. The van der Waals surface area contributed by atoms with E-state index < -0.39 is 12.0 Å². The maximum Gasteiger partial charge on any atom is 0.322 e. The summed E-state index contributed by atoms with van der Waals surface area (Å²) in [6, 6.07) is -0.590. The van der Waals surface area contributed by atoms with Gasteiger partial charge in [0.05, 0.1) is 0 Å². The van der Waals surface area contributed by atoms with E-state index >= 15 is 0 Å². The van der Waals surface area contributed by atoms with Gasteiger partial charge < -0.3 is 15.3 Å². The first-order chi connectivity index (χ1) is 8.08. The zero-order valence-electron chi connectivity index (χ0n) is 9.35. The Bertz CT molecular complexity index is 440. The Hall–Kier alpha value is -1.40. The van der Waals surface area contributed by atoms with E-state index in [-0.39, 0.29) is 0 Å². The maximum absolute atomic E-state index is 10.9. The number of halogens is 1. The van der Waals surface area contributed by atoms with Crippen LogP contribution >= 0.6 is 11.6 Å². The van der Waals surface area contributed by atoms with E-state index in [4.69, 9.17) is 16.7 Å². The van der Waals surface area contributed by atoms with Gasteiger partial charge >= 0.3 is 5.97 Å². The van der Waals surface area contributed by atoms with Crippen LogP contribution < -0.4 is 10.2 Å². The molecule has 1 unspecified atom stereocenters. The second-order valence-corrected chi connectivity index (χ2v) is 4.29. The summed E-state index contributed by atoms with van der Waals surface area (Å²) in [5.74, 6) is -0.388. The molecule has 7 heteroatoms. The van der Waals surface area contributed by atoms with Gasteiger partial charge in [0.2, 0.25) is 5.95 Å². The number of aromatic nitrogens is 2. The predicted molar refractivity (Wildman–Crippen MR) is 63.4 cm³/mol. The van der Waals surface area contributed by atoms with Crippen molar-refractivity contribution in [2.75, 3.05) is 24.5 Å². The number of aliphatic carboxylic acids is 1. The summed E-state index contributed by atoms with van der Waals surface area (Å²) in [4.78, 5) is 21.0. The van der Waals surface area contributed by atoms with Crippen molar-refractivity contribution in [1.82, 2.24) is 15.3 Å². The predicted octanol–water partition coefficient (Wildman–Crippen LogP) is 0.301. The minimum absolute atomic E-state index is 0.342. The molecule has 1 atom stereocenters. The second kappa shape index (κ2) is 4.85. The third-order valence-electron chi connectivity index (χ3n) is 2.65. The molecule has 1 aromatic heterocycles. The van der Waals surface area contributed by atoms with E-state index in [1.54, 1.807) is 6.20 Å². The van der Waals surface area contributed by atoms with Gasteiger partial charge in [-0.3, -0.25) is 4.79 Å². The highest BCUT2D eigenvalue weighted by molar-refractivity contribution is 6.30. The van der Waals surface area contributed by atoms with Gasteiger partial charge in [-0.2, -0.15) is 0 Å². The fourth-order valence-corrected chi connectivity index (χ4v) is 1.79. The number of hydrogen-bond donors (Lipinski definition) is 2. The third kappa shape index (κ3) is 2.65. The van der Waals surface area contributed by atoms with Crippen molar-refractivity contribution in [1.29, 1.82) is 0 Å². The Balaban J connectivity index is 2.16. The molecule has 1 aliphatic rings. The van der Waals surface area contributed by atoms with Crippen molar-refractivity contribution in [3.8, 4) is 0 Å². The second-order valence-electron chi connectivity index (χ2n) is 3.93. The number of rotatable bonds is 2. The first kappa shape index (κ1) is 12.1. The van der Waals surface area contributed by atoms with Gasteiger partial charge in [-0.1, -0.05) is 11.6 Å². The van der Waals surface area contributed by atoms with Crippen molar-refractivity contribution < 1.29 is 9.90 Å².